The molecular formula is C21H22Cl2N2O3. The molecule has 1 aliphatic rings. The largest absolute Gasteiger partial charge is 0.507 e. The molecule has 28 heavy (non-hydrogen) atoms. The standard InChI is InChI=1S/C21H22Cl2N2O3/c1-13(2)14-3-5-17(19(26)11-14)21(28)25-9-7-24(8-10-25)20(27)16-6-4-15(22)12-18(16)23/h3-6,11-13,26H,7-10H2,1-2H3. The first-order chi connectivity index (χ1) is 13.3. The van der Waals surface area contributed by atoms with Gasteiger partial charge in [0.05, 0.1) is 16.1 Å². The van der Waals surface area contributed by atoms with E-state index in [1.54, 1.807) is 40.1 Å². The quantitative estimate of drug-likeness (QED) is 0.798. The lowest BCUT2D eigenvalue weighted by molar-refractivity contribution is 0.0533. The highest BCUT2D eigenvalue weighted by Crippen LogP contribution is 2.26. The minimum atomic E-state index is -0.232. The molecule has 0 radical (unpaired) electrons. The third-order valence-corrected chi connectivity index (χ3v) is 5.48. The van der Waals surface area contributed by atoms with E-state index in [0.717, 1.165) is 5.56 Å². The number of nitrogens with zero attached hydrogens (tertiary/aromatic N) is 2. The Morgan fingerprint density at radius 3 is 1.93 bits per heavy atom. The monoisotopic (exact) mass is 420 g/mol. The van der Waals surface area contributed by atoms with E-state index in [-0.39, 0.29) is 29.0 Å². The van der Waals surface area contributed by atoms with Crippen LogP contribution < -0.4 is 0 Å². The highest BCUT2D eigenvalue weighted by atomic mass is 35.5. The summed E-state index contributed by atoms with van der Waals surface area (Å²) in [5, 5.41) is 11.0. The van der Waals surface area contributed by atoms with Crippen molar-refractivity contribution in [1.29, 1.82) is 0 Å². The average Bonchev–Trinajstić information content (AvgIpc) is 2.67. The van der Waals surface area contributed by atoms with Gasteiger partial charge in [-0.3, -0.25) is 9.59 Å². The van der Waals surface area contributed by atoms with Gasteiger partial charge in [-0.15, -0.1) is 0 Å². The van der Waals surface area contributed by atoms with Crippen molar-refractivity contribution in [2.45, 2.75) is 19.8 Å². The van der Waals surface area contributed by atoms with Gasteiger partial charge in [0.15, 0.2) is 0 Å². The van der Waals surface area contributed by atoms with Crippen LogP contribution in [0.25, 0.3) is 0 Å². The molecule has 5 nitrogen and oxygen atoms in total. The van der Waals surface area contributed by atoms with E-state index in [0.29, 0.717) is 41.8 Å². The molecule has 1 saturated heterocycles. The van der Waals surface area contributed by atoms with Crippen LogP contribution in [0.3, 0.4) is 0 Å². The molecule has 2 aromatic rings. The van der Waals surface area contributed by atoms with Gasteiger partial charge in [-0.05, 0) is 41.8 Å². The van der Waals surface area contributed by atoms with Crippen LogP contribution in [0.15, 0.2) is 36.4 Å². The number of halogens is 2. The predicted molar refractivity (Wildman–Crippen MR) is 110 cm³/mol. The van der Waals surface area contributed by atoms with Crippen LogP contribution in [0.5, 0.6) is 5.75 Å². The fraction of sp³-hybridized carbons (Fsp3) is 0.333. The third kappa shape index (κ3) is 4.26. The maximum Gasteiger partial charge on any atom is 0.257 e. The molecular weight excluding hydrogens is 399 g/mol. The van der Waals surface area contributed by atoms with E-state index in [4.69, 9.17) is 23.2 Å². The highest BCUT2D eigenvalue weighted by Gasteiger charge is 2.27. The number of carbonyl (C=O) groups is 2. The van der Waals surface area contributed by atoms with Gasteiger partial charge >= 0.3 is 0 Å². The van der Waals surface area contributed by atoms with Gasteiger partial charge < -0.3 is 14.9 Å². The van der Waals surface area contributed by atoms with Gasteiger partial charge in [0.25, 0.3) is 11.8 Å². The number of amides is 2. The first-order valence-corrected chi connectivity index (χ1v) is 9.90. The van der Waals surface area contributed by atoms with Crippen LogP contribution in [0.4, 0.5) is 0 Å². The smallest absolute Gasteiger partial charge is 0.257 e. The number of carbonyl (C=O) groups excluding carboxylic acids is 2. The Labute approximate surface area is 174 Å². The number of hydrogen-bond acceptors (Lipinski definition) is 3. The Bertz CT molecular complexity index is 907. The number of benzene rings is 2. The van der Waals surface area contributed by atoms with Crippen LogP contribution in [0.1, 0.15) is 46.0 Å². The Balaban J connectivity index is 1.66. The minimum absolute atomic E-state index is 0.0114. The number of phenolic OH excluding ortho intramolecular Hbond substituents is 1. The van der Waals surface area contributed by atoms with Crippen LogP contribution in [-0.2, 0) is 0 Å². The number of phenols is 1. The van der Waals surface area contributed by atoms with Gasteiger partial charge in [-0.1, -0.05) is 43.1 Å². The van der Waals surface area contributed by atoms with Crippen molar-refractivity contribution in [2.24, 2.45) is 0 Å². The van der Waals surface area contributed by atoms with Crippen molar-refractivity contribution >= 4 is 35.0 Å². The van der Waals surface area contributed by atoms with E-state index in [1.807, 2.05) is 19.9 Å². The lowest BCUT2D eigenvalue weighted by Crippen LogP contribution is -2.50. The van der Waals surface area contributed by atoms with Gasteiger partial charge in [0.1, 0.15) is 5.75 Å². The third-order valence-electron chi connectivity index (χ3n) is 4.93. The van der Waals surface area contributed by atoms with Gasteiger partial charge in [0.2, 0.25) is 0 Å². The van der Waals surface area contributed by atoms with E-state index < -0.39 is 0 Å². The van der Waals surface area contributed by atoms with Gasteiger partial charge in [-0.25, -0.2) is 0 Å². The molecule has 2 aromatic carbocycles. The Kier molecular flexibility index (Phi) is 6.16. The van der Waals surface area contributed by atoms with Crippen molar-refractivity contribution < 1.29 is 14.7 Å². The molecule has 0 unspecified atom stereocenters. The molecule has 0 atom stereocenters. The predicted octanol–water partition coefficient (Wildman–Crippen LogP) is 4.42. The van der Waals surface area contributed by atoms with Crippen molar-refractivity contribution in [3.8, 4) is 5.75 Å². The van der Waals surface area contributed by atoms with Crippen molar-refractivity contribution in [2.75, 3.05) is 26.2 Å². The Hall–Kier alpha value is -2.24. The summed E-state index contributed by atoms with van der Waals surface area (Å²) in [6.07, 6.45) is 0. The highest BCUT2D eigenvalue weighted by molar-refractivity contribution is 6.36. The summed E-state index contributed by atoms with van der Waals surface area (Å²) in [4.78, 5) is 28.8. The minimum Gasteiger partial charge on any atom is -0.507 e. The molecule has 0 spiro atoms. The molecule has 1 fully saturated rings. The zero-order valence-corrected chi connectivity index (χ0v) is 17.3. The SMILES string of the molecule is CC(C)c1ccc(C(=O)N2CCN(C(=O)c3ccc(Cl)cc3Cl)CC2)c(O)c1. The van der Waals surface area contributed by atoms with E-state index in [1.165, 1.54) is 0 Å². The first-order valence-electron chi connectivity index (χ1n) is 9.14. The van der Waals surface area contributed by atoms with E-state index in [2.05, 4.69) is 0 Å². The lowest BCUT2D eigenvalue weighted by Gasteiger charge is -2.35. The summed E-state index contributed by atoms with van der Waals surface area (Å²) < 4.78 is 0. The van der Waals surface area contributed by atoms with Crippen molar-refractivity contribution in [3.63, 3.8) is 0 Å². The first kappa shape index (κ1) is 20.5. The van der Waals surface area contributed by atoms with Crippen molar-refractivity contribution in [3.05, 3.63) is 63.1 Å². The molecule has 0 aromatic heterocycles. The molecule has 1 N–H and O–H groups in total. The molecule has 148 valence electrons. The second kappa shape index (κ2) is 8.41. The number of hydrogen-bond donors (Lipinski definition) is 1. The topological polar surface area (TPSA) is 60.9 Å². The summed E-state index contributed by atoms with van der Waals surface area (Å²) in [6.45, 7) is 5.63. The van der Waals surface area contributed by atoms with Gasteiger partial charge in [0, 0.05) is 31.2 Å². The maximum atomic E-state index is 12.8. The van der Waals surface area contributed by atoms with Crippen LogP contribution in [0.2, 0.25) is 10.0 Å². The van der Waals surface area contributed by atoms with Crippen LogP contribution in [0, 0.1) is 0 Å². The summed E-state index contributed by atoms with van der Waals surface area (Å²) in [6, 6.07) is 9.95. The molecule has 3 rings (SSSR count). The Morgan fingerprint density at radius 1 is 0.893 bits per heavy atom. The molecule has 7 heteroatoms. The molecule has 0 bridgehead atoms. The summed E-state index contributed by atoms with van der Waals surface area (Å²) in [5.41, 5.74) is 1.65. The molecule has 0 aliphatic carbocycles. The molecule has 1 heterocycles. The summed E-state index contributed by atoms with van der Waals surface area (Å²) >= 11 is 12.0. The van der Waals surface area contributed by atoms with E-state index in [9.17, 15) is 14.7 Å². The number of rotatable bonds is 3. The Morgan fingerprint density at radius 2 is 1.43 bits per heavy atom. The second-order valence-electron chi connectivity index (χ2n) is 7.14. The zero-order valence-electron chi connectivity index (χ0n) is 15.8. The fourth-order valence-corrected chi connectivity index (χ4v) is 3.69. The van der Waals surface area contributed by atoms with E-state index >= 15 is 0 Å². The summed E-state index contributed by atoms with van der Waals surface area (Å²) in [7, 11) is 0. The molecule has 1 aliphatic heterocycles. The van der Waals surface area contributed by atoms with Crippen LogP contribution >= 0.6 is 23.2 Å². The molecule has 2 amide bonds. The number of aromatic hydroxyl groups is 1. The van der Waals surface area contributed by atoms with Crippen molar-refractivity contribution in [1.82, 2.24) is 9.80 Å². The maximum absolute atomic E-state index is 12.8. The summed E-state index contributed by atoms with van der Waals surface area (Å²) in [5.74, 6) is -0.158. The van der Waals surface area contributed by atoms with Crippen LogP contribution in [-0.4, -0.2) is 52.9 Å². The van der Waals surface area contributed by atoms with Gasteiger partial charge in [-0.2, -0.15) is 0 Å². The second-order valence-corrected chi connectivity index (χ2v) is 7.98. The number of piperazine rings is 1. The average molecular weight is 421 g/mol. The normalized spacial score (nSPS) is 14.5. The lowest BCUT2D eigenvalue weighted by atomic mass is 10.0. The molecule has 0 saturated carbocycles. The fourth-order valence-electron chi connectivity index (χ4n) is 3.20. The zero-order chi connectivity index (χ0) is 20.4.